The number of aliphatic imine (C=N–C) groups is 1. The van der Waals surface area contributed by atoms with E-state index in [1.54, 1.807) is 27.7 Å². The van der Waals surface area contributed by atoms with E-state index < -0.39 is 72.1 Å². The molecule has 14 heteroatoms. The Bertz CT molecular complexity index is 766. The van der Waals surface area contributed by atoms with Gasteiger partial charge in [-0.2, -0.15) is 0 Å². The molecule has 4 unspecified atom stereocenters. The molecule has 0 saturated heterocycles. The minimum absolute atomic E-state index is 0.0856. The average Bonchev–Trinajstić information content (AvgIpc) is 2.70. The lowest BCUT2D eigenvalue weighted by Gasteiger charge is -2.27. The standard InChI is InChI=1S/C20H37N7O7/c1-9(2)14(26-16(30)11(21)6-5-7-24-20(22)23)18(32)25-12(8-13(28)29)17(31)27-15(10(3)4)19(33)34/h9-12,14-15H,5-8,21H2,1-4H3,(H,25,32)(H,26,30)(H,27,31)(H,28,29)(H,33,34)(H4,22,23,24). The van der Waals surface area contributed by atoms with Crippen LogP contribution >= 0.6 is 0 Å². The van der Waals surface area contributed by atoms with Crippen LogP contribution in [0.3, 0.4) is 0 Å². The maximum Gasteiger partial charge on any atom is 0.326 e. The highest BCUT2D eigenvalue weighted by molar-refractivity contribution is 5.95. The van der Waals surface area contributed by atoms with Crippen molar-refractivity contribution in [3.05, 3.63) is 0 Å². The van der Waals surface area contributed by atoms with Crippen molar-refractivity contribution < 1.29 is 34.2 Å². The van der Waals surface area contributed by atoms with Crippen molar-refractivity contribution in [2.75, 3.05) is 6.54 Å². The number of carboxylic acids is 2. The summed E-state index contributed by atoms with van der Waals surface area (Å²) in [7, 11) is 0. The van der Waals surface area contributed by atoms with Crippen LogP contribution in [0.4, 0.5) is 0 Å². The topological polar surface area (TPSA) is 252 Å². The molecule has 0 bridgehead atoms. The monoisotopic (exact) mass is 487 g/mol. The summed E-state index contributed by atoms with van der Waals surface area (Å²) in [6, 6.07) is -4.92. The fraction of sp³-hybridized carbons (Fsp3) is 0.700. The molecule has 0 spiro atoms. The maximum absolute atomic E-state index is 12.8. The lowest BCUT2D eigenvalue weighted by molar-refractivity contribution is -0.144. The smallest absolute Gasteiger partial charge is 0.326 e. The van der Waals surface area contributed by atoms with Crippen molar-refractivity contribution >= 4 is 35.6 Å². The summed E-state index contributed by atoms with van der Waals surface area (Å²) in [6.45, 7) is 6.68. The summed E-state index contributed by atoms with van der Waals surface area (Å²) in [6.07, 6.45) is -0.123. The molecule has 194 valence electrons. The Morgan fingerprint density at radius 2 is 1.35 bits per heavy atom. The molecule has 0 heterocycles. The molecule has 0 aromatic rings. The van der Waals surface area contributed by atoms with Crippen LogP contribution in [0.25, 0.3) is 0 Å². The largest absolute Gasteiger partial charge is 0.481 e. The van der Waals surface area contributed by atoms with E-state index in [0.29, 0.717) is 6.42 Å². The molecule has 3 amide bonds. The zero-order chi connectivity index (χ0) is 26.6. The molecule has 0 aliphatic rings. The van der Waals surface area contributed by atoms with Gasteiger partial charge in [0.15, 0.2) is 5.96 Å². The second-order valence-electron chi connectivity index (χ2n) is 8.51. The third-order valence-electron chi connectivity index (χ3n) is 4.79. The van der Waals surface area contributed by atoms with Gasteiger partial charge in [0.05, 0.1) is 12.5 Å². The Kier molecular flexibility index (Phi) is 13.2. The van der Waals surface area contributed by atoms with Gasteiger partial charge in [0, 0.05) is 6.54 Å². The molecule has 11 N–H and O–H groups in total. The first-order valence-corrected chi connectivity index (χ1v) is 10.8. The Morgan fingerprint density at radius 3 is 1.79 bits per heavy atom. The first-order valence-electron chi connectivity index (χ1n) is 10.8. The highest BCUT2D eigenvalue weighted by atomic mass is 16.4. The molecule has 0 saturated carbocycles. The molecule has 0 rings (SSSR count). The number of aliphatic carboxylic acids is 2. The summed E-state index contributed by atoms with van der Waals surface area (Å²) < 4.78 is 0. The predicted molar refractivity (Wildman–Crippen MR) is 123 cm³/mol. The van der Waals surface area contributed by atoms with Crippen LogP contribution in [0.15, 0.2) is 4.99 Å². The number of carbonyl (C=O) groups excluding carboxylic acids is 3. The van der Waals surface area contributed by atoms with Gasteiger partial charge in [-0.3, -0.25) is 24.2 Å². The third kappa shape index (κ3) is 11.4. The van der Waals surface area contributed by atoms with E-state index in [1.165, 1.54) is 0 Å². The Hall–Kier alpha value is -3.42. The van der Waals surface area contributed by atoms with E-state index in [4.69, 9.17) is 22.3 Å². The van der Waals surface area contributed by atoms with Crippen LogP contribution in [0, 0.1) is 11.8 Å². The fourth-order valence-corrected chi connectivity index (χ4v) is 2.86. The Labute approximate surface area is 198 Å². The van der Waals surface area contributed by atoms with Gasteiger partial charge in [0.1, 0.15) is 18.1 Å². The average molecular weight is 488 g/mol. The van der Waals surface area contributed by atoms with E-state index in [9.17, 15) is 29.1 Å². The van der Waals surface area contributed by atoms with Crippen molar-refractivity contribution in [3.8, 4) is 0 Å². The lowest BCUT2D eigenvalue weighted by atomic mass is 10.0. The third-order valence-corrected chi connectivity index (χ3v) is 4.79. The van der Waals surface area contributed by atoms with E-state index in [0.717, 1.165) is 0 Å². The zero-order valence-corrected chi connectivity index (χ0v) is 19.9. The first-order chi connectivity index (χ1) is 15.7. The second kappa shape index (κ2) is 14.7. The van der Waals surface area contributed by atoms with Gasteiger partial charge in [0.25, 0.3) is 0 Å². The maximum atomic E-state index is 12.8. The van der Waals surface area contributed by atoms with Crippen LogP contribution < -0.4 is 33.2 Å². The van der Waals surface area contributed by atoms with Crippen LogP contribution in [0.1, 0.15) is 47.0 Å². The normalized spacial score (nSPS) is 14.4. The van der Waals surface area contributed by atoms with Crippen molar-refractivity contribution in [2.24, 2.45) is 34.0 Å². The summed E-state index contributed by atoms with van der Waals surface area (Å²) in [5.41, 5.74) is 16.3. The molecule has 14 nitrogen and oxygen atoms in total. The quantitative estimate of drug-likeness (QED) is 0.0695. The summed E-state index contributed by atoms with van der Waals surface area (Å²) in [5.74, 6) is -6.10. The van der Waals surface area contributed by atoms with Crippen molar-refractivity contribution in [1.29, 1.82) is 0 Å². The number of carbonyl (C=O) groups is 5. The van der Waals surface area contributed by atoms with Crippen molar-refractivity contribution in [1.82, 2.24) is 16.0 Å². The number of hydrogen-bond acceptors (Lipinski definition) is 7. The number of nitrogens with zero attached hydrogens (tertiary/aromatic N) is 1. The SMILES string of the molecule is CC(C)C(NC(=O)C(CC(=O)O)NC(=O)C(NC(=O)C(N)CCCN=C(N)N)C(C)C)C(=O)O. The molecule has 0 aliphatic carbocycles. The molecular formula is C20H37N7O7. The van der Waals surface area contributed by atoms with Gasteiger partial charge in [-0.1, -0.05) is 27.7 Å². The van der Waals surface area contributed by atoms with Gasteiger partial charge >= 0.3 is 11.9 Å². The number of hydrogen-bond donors (Lipinski definition) is 8. The van der Waals surface area contributed by atoms with Gasteiger partial charge < -0.3 is 43.4 Å². The van der Waals surface area contributed by atoms with E-state index in [-0.39, 0.29) is 18.9 Å². The molecule has 0 aromatic carbocycles. The first kappa shape index (κ1) is 30.6. The lowest BCUT2D eigenvalue weighted by Crippen LogP contribution is -2.59. The number of amides is 3. The van der Waals surface area contributed by atoms with Gasteiger partial charge in [-0.05, 0) is 24.7 Å². The molecule has 34 heavy (non-hydrogen) atoms. The zero-order valence-electron chi connectivity index (χ0n) is 19.9. The van der Waals surface area contributed by atoms with Crippen molar-refractivity contribution in [3.63, 3.8) is 0 Å². The van der Waals surface area contributed by atoms with Crippen LogP contribution in [-0.4, -0.2) is 76.5 Å². The molecule has 0 aliphatic heterocycles. The Morgan fingerprint density at radius 1 is 0.824 bits per heavy atom. The Balaban J connectivity index is 5.32. The van der Waals surface area contributed by atoms with Crippen LogP contribution in [-0.2, 0) is 24.0 Å². The van der Waals surface area contributed by atoms with Gasteiger partial charge in [-0.25, -0.2) is 4.79 Å². The minimum atomic E-state index is -1.56. The van der Waals surface area contributed by atoms with Gasteiger partial charge in [-0.15, -0.1) is 0 Å². The summed E-state index contributed by atoms with van der Waals surface area (Å²) in [4.78, 5) is 64.2. The number of rotatable bonds is 15. The molecule has 0 radical (unpaired) electrons. The number of guanidine groups is 1. The highest BCUT2D eigenvalue weighted by Gasteiger charge is 2.33. The van der Waals surface area contributed by atoms with Crippen molar-refractivity contribution in [2.45, 2.75) is 71.1 Å². The van der Waals surface area contributed by atoms with E-state index in [2.05, 4.69) is 20.9 Å². The number of carboxylic acid groups (broad SMARTS) is 2. The molecule has 0 fully saturated rings. The number of nitrogens with two attached hydrogens (primary N) is 3. The van der Waals surface area contributed by atoms with Crippen LogP contribution in [0.2, 0.25) is 0 Å². The molecule has 4 atom stereocenters. The molecule has 0 aromatic heterocycles. The predicted octanol–water partition coefficient (Wildman–Crippen LogP) is -2.31. The van der Waals surface area contributed by atoms with Crippen LogP contribution in [0.5, 0.6) is 0 Å². The fourth-order valence-electron chi connectivity index (χ4n) is 2.86. The molecular weight excluding hydrogens is 450 g/mol. The summed E-state index contributed by atoms with van der Waals surface area (Å²) >= 11 is 0. The minimum Gasteiger partial charge on any atom is -0.481 e. The summed E-state index contributed by atoms with van der Waals surface area (Å²) in [5, 5.41) is 25.4. The highest BCUT2D eigenvalue weighted by Crippen LogP contribution is 2.07. The van der Waals surface area contributed by atoms with E-state index in [1.807, 2.05) is 0 Å². The van der Waals surface area contributed by atoms with Gasteiger partial charge in [0.2, 0.25) is 17.7 Å². The number of nitrogens with one attached hydrogen (secondary N) is 3. The van der Waals surface area contributed by atoms with E-state index >= 15 is 0 Å². The second-order valence-corrected chi connectivity index (χ2v) is 8.51.